The third-order valence-electron chi connectivity index (χ3n) is 3.23. The number of furan rings is 1. The summed E-state index contributed by atoms with van der Waals surface area (Å²) in [5, 5.41) is 16.9. The van der Waals surface area contributed by atoms with Crippen molar-refractivity contribution >= 4 is 0 Å². The van der Waals surface area contributed by atoms with E-state index in [4.69, 9.17) is 14.1 Å². The molecule has 0 spiro atoms. The van der Waals surface area contributed by atoms with Gasteiger partial charge in [0, 0.05) is 31.9 Å². The Bertz CT molecular complexity index is 761. The van der Waals surface area contributed by atoms with E-state index in [9.17, 15) is 0 Å². The van der Waals surface area contributed by atoms with E-state index in [0.29, 0.717) is 43.6 Å². The molecule has 3 aromatic rings. The topological polar surface area (TPSA) is 92.0 Å². The van der Waals surface area contributed by atoms with E-state index >= 15 is 0 Å². The minimum atomic E-state index is 0.353. The molecule has 0 bridgehead atoms. The van der Waals surface area contributed by atoms with E-state index in [1.807, 2.05) is 18.3 Å². The molecule has 7 nitrogen and oxygen atoms in total. The highest BCUT2D eigenvalue weighted by molar-refractivity contribution is 5.42. The van der Waals surface area contributed by atoms with Gasteiger partial charge < -0.3 is 8.83 Å². The van der Waals surface area contributed by atoms with Gasteiger partial charge >= 0.3 is 0 Å². The van der Waals surface area contributed by atoms with Crippen molar-refractivity contribution in [3.8, 4) is 17.7 Å². The third kappa shape index (κ3) is 4.02. The highest BCUT2D eigenvalue weighted by Crippen LogP contribution is 2.19. The van der Waals surface area contributed by atoms with Crippen LogP contribution < -0.4 is 0 Å². The van der Waals surface area contributed by atoms with Crippen LogP contribution in [0.3, 0.4) is 0 Å². The van der Waals surface area contributed by atoms with Crippen LogP contribution in [0.2, 0.25) is 0 Å². The zero-order valence-corrected chi connectivity index (χ0v) is 12.4. The molecule has 3 aromatic heterocycles. The maximum atomic E-state index is 8.82. The lowest BCUT2D eigenvalue weighted by Gasteiger charge is -2.18. The molecule has 116 valence electrons. The first kappa shape index (κ1) is 14.9. The molecule has 0 radical (unpaired) electrons. The predicted octanol–water partition coefficient (Wildman–Crippen LogP) is 2.64. The second kappa shape index (κ2) is 7.33. The highest BCUT2D eigenvalue weighted by Gasteiger charge is 2.14. The lowest BCUT2D eigenvalue weighted by atomic mass is 10.2. The molecule has 0 aliphatic carbocycles. The molecule has 0 unspecified atom stereocenters. The lowest BCUT2D eigenvalue weighted by Crippen LogP contribution is -2.24. The molecular formula is C16H15N5O2. The van der Waals surface area contributed by atoms with Gasteiger partial charge in [0.25, 0.3) is 5.89 Å². The Morgan fingerprint density at radius 3 is 2.87 bits per heavy atom. The molecule has 23 heavy (non-hydrogen) atoms. The SMILES string of the molecule is N#CCCN(Cc1cccnc1)Cc1nnc(-c2ccco2)o1. The van der Waals surface area contributed by atoms with Crippen molar-refractivity contribution in [1.82, 2.24) is 20.1 Å². The summed E-state index contributed by atoms with van der Waals surface area (Å²) in [6, 6.07) is 9.57. The van der Waals surface area contributed by atoms with Crippen LogP contribution >= 0.6 is 0 Å². The molecule has 7 heteroatoms. The summed E-state index contributed by atoms with van der Waals surface area (Å²) in [5.41, 5.74) is 1.07. The van der Waals surface area contributed by atoms with Gasteiger partial charge in [-0.3, -0.25) is 9.88 Å². The normalized spacial score (nSPS) is 10.8. The summed E-state index contributed by atoms with van der Waals surface area (Å²) in [4.78, 5) is 6.18. The van der Waals surface area contributed by atoms with Crippen LogP contribution in [-0.4, -0.2) is 26.6 Å². The lowest BCUT2D eigenvalue weighted by molar-refractivity contribution is 0.236. The third-order valence-corrected chi connectivity index (χ3v) is 3.23. The predicted molar refractivity (Wildman–Crippen MR) is 80.6 cm³/mol. The fraction of sp³-hybridized carbons (Fsp3) is 0.250. The van der Waals surface area contributed by atoms with Crippen LogP contribution in [0.5, 0.6) is 0 Å². The molecule has 0 amide bonds. The van der Waals surface area contributed by atoms with Crippen molar-refractivity contribution in [3.63, 3.8) is 0 Å². The van der Waals surface area contributed by atoms with Gasteiger partial charge in [0.05, 0.1) is 18.9 Å². The van der Waals surface area contributed by atoms with E-state index < -0.39 is 0 Å². The summed E-state index contributed by atoms with van der Waals surface area (Å²) < 4.78 is 10.9. The van der Waals surface area contributed by atoms with Gasteiger partial charge in [0.2, 0.25) is 5.89 Å². The second-order valence-corrected chi connectivity index (χ2v) is 4.96. The van der Waals surface area contributed by atoms with Crippen LogP contribution in [0.15, 0.2) is 51.8 Å². The standard InChI is InChI=1S/C16H15N5O2/c17-6-3-8-21(11-13-4-1-7-18-10-13)12-15-19-20-16(23-15)14-5-2-9-22-14/h1-2,4-5,7,9-10H,3,8,11-12H2. The van der Waals surface area contributed by atoms with E-state index in [0.717, 1.165) is 5.56 Å². The highest BCUT2D eigenvalue weighted by atomic mass is 16.4. The minimum Gasteiger partial charge on any atom is -0.459 e. The van der Waals surface area contributed by atoms with Crippen molar-refractivity contribution in [1.29, 1.82) is 5.26 Å². The van der Waals surface area contributed by atoms with Gasteiger partial charge in [-0.05, 0) is 23.8 Å². The Hall–Kier alpha value is -2.98. The maximum absolute atomic E-state index is 8.82. The molecule has 0 atom stereocenters. The van der Waals surface area contributed by atoms with Crippen molar-refractivity contribution in [3.05, 3.63) is 54.4 Å². The molecule has 0 aliphatic heterocycles. The number of nitrogens with zero attached hydrogens (tertiary/aromatic N) is 5. The average molecular weight is 309 g/mol. The zero-order valence-electron chi connectivity index (χ0n) is 12.4. The van der Waals surface area contributed by atoms with Gasteiger partial charge in [0.15, 0.2) is 5.76 Å². The van der Waals surface area contributed by atoms with Crippen LogP contribution in [0, 0.1) is 11.3 Å². The average Bonchev–Trinajstić information content (AvgIpc) is 3.25. The molecule has 0 aromatic carbocycles. The molecule has 0 saturated carbocycles. The van der Waals surface area contributed by atoms with E-state index in [1.165, 1.54) is 0 Å². The fourth-order valence-corrected chi connectivity index (χ4v) is 2.18. The Morgan fingerprint density at radius 1 is 1.17 bits per heavy atom. The first-order valence-corrected chi connectivity index (χ1v) is 7.19. The molecule has 0 fully saturated rings. The molecular weight excluding hydrogens is 294 g/mol. The second-order valence-electron chi connectivity index (χ2n) is 4.96. The fourth-order valence-electron chi connectivity index (χ4n) is 2.18. The number of hydrogen-bond donors (Lipinski definition) is 0. The summed E-state index contributed by atoms with van der Waals surface area (Å²) in [6.07, 6.45) is 5.53. The van der Waals surface area contributed by atoms with Gasteiger partial charge in [0.1, 0.15) is 0 Å². The van der Waals surface area contributed by atoms with Crippen LogP contribution in [0.4, 0.5) is 0 Å². The van der Waals surface area contributed by atoms with Crippen LogP contribution in [0.1, 0.15) is 17.9 Å². The summed E-state index contributed by atoms with van der Waals surface area (Å²) in [6.45, 7) is 1.74. The minimum absolute atomic E-state index is 0.353. The number of nitriles is 1. The van der Waals surface area contributed by atoms with Crippen LogP contribution in [0.25, 0.3) is 11.7 Å². The van der Waals surface area contributed by atoms with Crippen LogP contribution in [-0.2, 0) is 13.1 Å². The molecule has 0 N–H and O–H groups in total. The largest absolute Gasteiger partial charge is 0.459 e. The number of hydrogen-bond acceptors (Lipinski definition) is 7. The van der Waals surface area contributed by atoms with Gasteiger partial charge in [-0.2, -0.15) is 5.26 Å². The maximum Gasteiger partial charge on any atom is 0.283 e. The Labute approximate surface area is 133 Å². The number of rotatable bonds is 7. The molecule has 0 aliphatic rings. The van der Waals surface area contributed by atoms with Gasteiger partial charge in [-0.1, -0.05) is 6.07 Å². The van der Waals surface area contributed by atoms with Gasteiger partial charge in [-0.25, -0.2) is 0 Å². The molecule has 3 rings (SSSR count). The van der Waals surface area contributed by atoms with E-state index in [2.05, 4.69) is 26.2 Å². The smallest absolute Gasteiger partial charge is 0.283 e. The van der Waals surface area contributed by atoms with Gasteiger partial charge in [-0.15, -0.1) is 10.2 Å². The molecule has 3 heterocycles. The van der Waals surface area contributed by atoms with E-state index in [1.54, 1.807) is 24.6 Å². The van der Waals surface area contributed by atoms with E-state index in [-0.39, 0.29) is 0 Å². The number of aromatic nitrogens is 3. The first-order chi connectivity index (χ1) is 11.3. The zero-order chi connectivity index (χ0) is 15.9. The Kier molecular flexibility index (Phi) is 4.76. The molecule has 0 saturated heterocycles. The Balaban J connectivity index is 1.69. The summed E-state index contributed by atoms with van der Waals surface area (Å²) in [5.74, 6) is 1.38. The van der Waals surface area contributed by atoms with Crippen molar-refractivity contribution in [2.75, 3.05) is 6.54 Å². The Morgan fingerprint density at radius 2 is 2.13 bits per heavy atom. The monoisotopic (exact) mass is 309 g/mol. The summed E-state index contributed by atoms with van der Waals surface area (Å²) in [7, 11) is 0. The summed E-state index contributed by atoms with van der Waals surface area (Å²) >= 11 is 0. The quantitative estimate of drug-likeness (QED) is 0.662. The number of pyridine rings is 1. The van der Waals surface area contributed by atoms with Crippen molar-refractivity contribution < 1.29 is 8.83 Å². The van der Waals surface area contributed by atoms with Crippen molar-refractivity contribution in [2.24, 2.45) is 0 Å². The van der Waals surface area contributed by atoms with Crippen molar-refractivity contribution in [2.45, 2.75) is 19.5 Å². The first-order valence-electron chi connectivity index (χ1n) is 7.19.